The van der Waals surface area contributed by atoms with Crippen molar-refractivity contribution in [2.24, 2.45) is 5.92 Å². The molecule has 6 atom stereocenters. The van der Waals surface area contributed by atoms with Crippen LogP contribution in [0.1, 0.15) is 96.9 Å². The fourth-order valence-electron chi connectivity index (χ4n) is 6.40. The summed E-state index contributed by atoms with van der Waals surface area (Å²) in [6, 6.07) is 5.29. The number of oxazole rings is 2. The Balaban J connectivity index is 1.35. The summed E-state index contributed by atoms with van der Waals surface area (Å²) in [5.74, 6) is -2.27. The second-order valence-corrected chi connectivity index (χ2v) is 13.2. The van der Waals surface area contributed by atoms with Gasteiger partial charge in [-0.15, -0.1) is 0 Å². The van der Waals surface area contributed by atoms with E-state index in [1.807, 2.05) is 44.2 Å². The second kappa shape index (κ2) is 14.6. The van der Waals surface area contributed by atoms with E-state index in [1.165, 1.54) is 17.4 Å². The van der Waals surface area contributed by atoms with Crippen LogP contribution in [0.15, 0.2) is 51.7 Å². The smallest absolute Gasteiger partial charge is 0.276 e. The van der Waals surface area contributed by atoms with E-state index in [0.29, 0.717) is 19.4 Å². The van der Waals surface area contributed by atoms with E-state index in [-0.39, 0.29) is 54.4 Å². The third-order valence-electron chi connectivity index (χ3n) is 8.88. The summed E-state index contributed by atoms with van der Waals surface area (Å²) in [4.78, 5) is 77.9. The number of hydrogen-bond acceptors (Lipinski definition) is 10. The molecule has 3 aromatic rings. The van der Waals surface area contributed by atoms with E-state index in [4.69, 9.17) is 13.6 Å². The van der Waals surface area contributed by atoms with Gasteiger partial charge in [0, 0.05) is 25.6 Å². The van der Waals surface area contributed by atoms with Crippen LogP contribution in [-0.4, -0.2) is 81.8 Å². The minimum Gasteiger partial charge on any atom is -0.446 e. The average molecular weight is 676 g/mol. The minimum atomic E-state index is -1.01. The van der Waals surface area contributed by atoms with Crippen molar-refractivity contribution < 1.29 is 37.5 Å². The molecule has 2 saturated heterocycles. The van der Waals surface area contributed by atoms with Crippen LogP contribution < -0.4 is 21.3 Å². The number of hydrogen-bond donors (Lipinski definition) is 4. The van der Waals surface area contributed by atoms with E-state index >= 15 is 0 Å². The van der Waals surface area contributed by atoms with E-state index in [1.54, 1.807) is 6.92 Å². The van der Waals surface area contributed by atoms with Gasteiger partial charge < -0.3 is 39.7 Å². The highest BCUT2D eigenvalue weighted by Crippen LogP contribution is 2.26. The zero-order valence-corrected chi connectivity index (χ0v) is 27.6. The topological polar surface area (TPSA) is 198 Å². The lowest BCUT2D eigenvalue weighted by Gasteiger charge is -2.25. The number of carbonyl (C=O) groups excluding carboxylic acids is 5. The van der Waals surface area contributed by atoms with Gasteiger partial charge in [0.2, 0.25) is 29.5 Å². The van der Waals surface area contributed by atoms with Crippen LogP contribution in [0.25, 0.3) is 0 Å². The molecular formula is C34H41N7O8. The van der Waals surface area contributed by atoms with Gasteiger partial charge in [-0.1, -0.05) is 44.2 Å². The van der Waals surface area contributed by atoms with Gasteiger partial charge in [0.05, 0.1) is 0 Å². The molecule has 3 aliphatic heterocycles. The lowest BCUT2D eigenvalue weighted by atomic mass is 10.0. The largest absolute Gasteiger partial charge is 0.446 e. The molecule has 15 nitrogen and oxygen atoms in total. The molecule has 5 amide bonds. The van der Waals surface area contributed by atoms with E-state index < -0.39 is 59.9 Å². The number of rotatable bonds is 6. The maximum absolute atomic E-state index is 14.1. The van der Waals surface area contributed by atoms with Crippen LogP contribution in [0.5, 0.6) is 0 Å². The molecule has 0 spiro atoms. The molecule has 260 valence electrons. The molecule has 0 saturated carbocycles. The molecule has 49 heavy (non-hydrogen) atoms. The van der Waals surface area contributed by atoms with Gasteiger partial charge in [-0.05, 0) is 44.1 Å². The number of carbonyl (C=O) groups is 5. The maximum Gasteiger partial charge on any atom is 0.276 e. The summed E-state index contributed by atoms with van der Waals surface area (Å²) in [6.07, 6.45) is 3.87. The molecule has 15 heteroatoms. The van der Waals surface area contributed by atoms with Crippen LogP contribution in [0.4, 0.5) is 0 Å². The zero-order chi connectivity index (χ0) is 34.7. The van der Waals surface area contributed by atoms with Crippen molar-refractivity contribution in [3.05, 3.63) is 71.6 Å². The first-order valence-electron chi connectivity index (χ1n) is 16.6. The van der Waals surface area contributed by atoms with Crippen molar-refractivity contribution in [2.75, 3.05) is 13.2 Å². The van der Waals surface area contributed by atoms with Crippen LogP contribution in [0.3, 0.4) is 0 Å². The number of fused-ring (bicyclic) bond motifs is 5. The van der Waals surface area contributed by atoms with Crippen LogP contribution >= 0.6 is 0 Å². The predicted octanol–water partition coefficient (Wildman–Crippen LogP) is 1.98. The Bertz CT molecular complexity index is 1680. The molecule has 4 N–H and O–H groups in total. The number of benzene rings is 1. The highest BCUT2D eigenvalue weighted by atomic mass is 16.5. The average Bonchev–Trinajstić information content (AvgIpc) is 3.90. The third kappa shape index (κ3) is 7.82. The van der Waals surface area contributed by atoms with Crippen molar-refractivity contribution in [2.45, 2.75) is 89.2 Å². The van der Waals surface area contributed by atoms with Crippen LogP contribution in [0.2, 0.25) is 0 Å². The fourth-order valence-corrected chi connectivity index (χ4v) is 6.40. The van der Waals surface area contributed by atoms with E-state index in [2.05, 4.69) is 31.2 Å². The number of amides is 5. The molecule has 6 rings (SSSR count). The monoisotopic (exact) mass is 675 g/mol. The quantitative estimate of drug-likeness (QED) is 0.300. The normalized spacial score (nSPS) is 26.4. The number of nitrogens with one attached hydrogen (secondary N) is 4. The van der Waals surface area contributed by atoms with Gasteiger partial charge in [0.1, 0.15) is 42.8 Å². The third-order valence-corrected chi connectivity index (χ3v) is 8.88. The Morgan fingerprint density at radius 3 is 2.43 bits per heavy atom. The van der Waals surface area contributed by atoms with Crippen LogP contribution in [-0.2, 0) is 25.5 Å². The second-order valence-electron chi connectivity index (χ2n) is 13.2. The first-order valence-corrected chi connectivity index (χ1v) is 16.6. The molecule has 0 unspecified atom stereocenters. The Morgan fingerprint density at radius 2 is 1.69 bits per heavy atom. The lowest BCUT2D eigenvalue weighted by Crippen LogP contribution is -2.48. The summed E-state index contributed by atoms with van der Waals surface area (Å²) in [6.45, 7) is 6.03. The van der Waals surface area contributed by atoms with Gasteiger partial charge in [-0.3, -0.25) is 24.0 Å². The standard InChI is InChI=1S/C34H41N7O8/c1-18(2)12-22-28(42)35-19(3)32-40-25(17-48-32)34(46)41-15-21(36-31(45)27-10-7-11-47-27)14-26(41)30(44)38-23(13-20-8-5-4-6-9-20)33-39-24(16-49-33)29(43)37-22/h4-6,8-9,16-19,21-23,26-27H,7,10-15H2,1-3H3,(H,35,42)(H,36,45)(H,37,43)(H,38,44)/t19-,21+,22-,23+,26+,27-/m1/s1. The van der Waals surface area contributed by atoms with E-state index in [0.717, 1.165) is 12.0 Å². The molecule has 3 aliphatic rings. The fraction of sp³-hybridized carbons (Fsp3) is 0.500. The van der Waals surface area contributed by atoms with E-state index in [9.17, 15) is 24.0 Å². The number of ether oxygens (including phenoxy) is 1. The Kier molecular flexibility index (Phi) is 10.1. The van der Waals surface area contributed by atoms with Crippen molar-refractivity contribution in [3.8, 4) is 0 Å². The molecular weight excluding hydrogens is 634 g/mol. The first-order chi connectivity index (χ1) is 23.5. The van der Waals surface area contributed by atoms with Crippen molar-refractivity contribution >= 4 is 29.5 Å². The van der Waals surface area contributed by atoms with Gasteiger partial charge in [-0.2, -0.15) is 0 Å². The molecule has 0 aliphatic carbocycles. The van der Waals surface area contributed by atoms with Crippen molar-refractivity contribution in [3.63, 3.8) is 0 Å². The molecule has 2 fully saturated rings. The summed E-state index contributed by atoms with van der Waals surface area (Å²) >= 11 is 0. The summed E-state index contributed by atoms with van der Waals surface area (Å²) in [5.41, 5.74) is 0.731. The zero-order valence-electron chi connectivity index (χ0n) is 27.6. The molecule has 5 heterocycles. The first kappa shape index (κ1) is 33.8. The Hall–Kier alpha value is -5.05. The predicted molar refractivity (Wildman–Crippen MR) is 172 cm³/mol. The Morgan fingerprint density at radius 1 is 0.959 bits per heavy atom. The van der Waals surface area contributed by atoms with Gasteiger partial charge in [-0.25, -0.2) is 9.97 Å². The molecule has 1 aromatic carbocycles. The van der Waals surface area contributed by atoms with Crippen LogP contribution in [0, 0.1) is 5.92 Å². The van der Waals surface area contributed by atoms with Gasteiger partial charge in [0.25, 0.3) is 11.8 Å². The molecule has 4 bridgehead atoms. The highest BCUT2D eigenvalue weighted by molar-refractivity contribution is 5.97. The number of aromatic nitrogens is 2. The maximum atomic E-state index is 14.1. The molecule has 2 aromatic heterocycles. The SMILES string of the molecule is CC(C)C[C@H]1NC(=O)c2coc(n2)[C@H](Cc2ccccc2)NC(=O)[C@@H]2C[C@H](NC(=O)[C@H]3CCCO3)CN2C(=O)c2coc(n2)[C@@H](C)NC1=O. The van der Waals surface area contributed by atoms with Crippen molar-refractivity contribution in [1.82, 2.24) is 36.1 Å². The highest BCUT2D eigenvalue weighted by Gasteiger charge is 2.43. The minimum absolute atomic E-state index is 0.0351. The van der Waals surface area contributed by atoms with Gasteiger partial charge >= 0.3 is 0 Å². The molecule has 0 radical (unpaired) electrons. The summed E-state index contributed by atoms with van der Waals surface area (Å²) < 4.78 is 16.9. The van der Waals surface area contributed by atoms with Crippen molar-refractivity contribution in [1.29, 1.82) is 0 Å². The lowest BCUT2D eigenvalue weighted by molar-refractivity contribution is -0.131. The number of nitrogens with zero attached hydrogens (tertiary/aromatic N) is 3. The Labute approximate surface area is 282 Å². The summed E-state index contributed by atoms with van der Waals surface area (Å²) in [7, 11) is 0. The summed E-state index contributed by atoms with van der Waals surface area (Å²) in [5, 5.41) is 11.5. The van der Waals surface area contributed by atoms with Gasteiger partial charge in [0.15, 0.2) is 11.4 Å².